The maximum Gasteiger partial charge on any atom is 0.225 e. The third-order valence-electron chi connectivity index (χ3n) is 3.66. The highest BCUT2D eigenvalue weighted by molar-refractivity contribution is 5.33. The van der Waals surface area contributed by atoms with Crippen molar-refractivity contribution in [3.63, 3.8) is 0 Å². The number of nitrogens with zero attached hydrogens (tertiary/aromatic N) is 4. The zero-order chi connectivity index (χ0) is 14.4. The topological polar surface area (TPSA) is 44.3 Å². The molecule has 2 heterocycles. The van der Waals surface area contributed by atoms with Crippen LogP contribution >= 0.6 is 0 Å². The van der Waals surface area contributed by atoms with Gasteiger partial charge in [0.1, 0.15) is 0 Å². The Hall–Kier alpha value is -1.20. The van der Waals surface area contributed by atoms with Crippen LogP contribution < -0.4 is 10.2 Å². The molecule has 0 bridgehead atoms. The Labute approximate surface area is 122 Å². The van der Waals surface area contributed by atoms with Crippen LogP contribution in [-0.2, 0) is 6.54 Å². The van der Waals surface area contributed by atoms with Crippen LogP contribution in [0.15, 0.2) is 12.4 Å². The van der Waals surface area contributed by atoms with Crippen LogP contribution in [0.3, 0.4) is 0 Å². The summed E-state index contributed by atoms with van der Waals surface area (Å²) in [4.78, 5) is 13.7. The van der Waals surface area contributed by atoms with Gasteiger partial charge in [-0.05, 0) is 39.9 Å². The van der Waals surface area contributed by atoms with Crippen molar-refractivity contribution < 1.29 is 0 Å². The molecule has 0 amide bonds. The largest absolute Gasteiger partial charge is 0.337 e. The van der Waals surface area contributed by atoms with Crippen molar-refractivity contribution in [1.29, 1.82) is 0 Å². The van der Waals surface area contributed by atoms with Crippen LogP contribution in [0, 0.1) is 0 Å². The summed E-state index contributed by atoms with van der Waals surface area (Å²) in [6.45, 7) is 6.22. The number of aromatic nitrogens is 2. The second kappa shape index (κ2) is 7.55. The van der Waals surface area contributed by atoms with Crippen molar-refractivity contribution >= 4 is 5.95 Å². The molecule has 0 spiro atoms. The van der Waals surface area contributed by atoms with E-state index in [9.17, 15) is 0 Å². The minimum atomic E-state index is 0.550. The minimum Gasteiger partial charge on any atom is -0.337 e. The first-order valence-electron chi connectivity index (χ1n) is 7.63. The zero-order valence-electron chi connectivity index (χ0n) is 13.0. The predicted octanol–water partition coefficient (Wildman–Crippen LogP) is 1.51. The van der Waals surface area contributed by atoms with Gasteiger partial charge >= 0.3 is 0 Å². The normalized spacial score (nSPS) is 19.0. The summed E-state index contributed by atoms with van der Waals surface area (Å²) in [7, 11) is 4.25. The molecule has 1 atom stereocenters. The number of likely N-dealkylation sites (N-methyl/N-ethyl adjacent to an activating group) is 1. The van der Waals surface area contributed by atoms with Gasteiger partial charge in [0.2, 0.25) is 5.95 Å². The van der Waals surface area contributed by atoms with E-state index in [-0.39, 0.29) is 0 Å². The van der Waals surface area contributed by atoms with E-state index in [0.717, 1.165) is 44.1 Å². The maximum atomic E-state index is 4.55. The maximum absolute atomic E-state index is 4.55. The molecular formula is C15H27N5. The number of hydrogen-bond donors (Lipinski definition) is 1. The summed E-state index contributed by atoms with van der Waals surface area (Å²) in [5.74, 6) is 0.883. The van der Waals surface area contributed by atoms with Crippen LogP contribution in [0.4, 0.5) is 5.95 Å². The Morgan fingerprint density at radius 3 is 2.75 bits per heavy atom. The SMILES string of the molecule is CCCNCc1cnc(N2CCCC2CN(C)C)nc1. The fourth-order valence-electron chi connectivity index (χ4n) is 2.71. The molecular weight excluding hydrogens is 250 g/mol. The molecule has 1 aliphatic heterocycles. The van der Waals surface area contributed by atoms with Crippen LogP contribution in [-0.4, -0.2) is 54.6 Å². The lowest BCUT2D eigenvalue weighted by Gasteiger charge is -2.27. The highest BCUT2D eigenvalue weighted by atomic mass is 15.3. The van der Waals surface area contributed by atoms with Gasteiger partial charge in [0.05, 0.1) is 0 Å². The Balaban J connectivity index is 1.94. The molecule has 5 nitrogen and oxygen atoms in total. The molecule has 1 aliphatic rings. The van der Waals surface area contributed by atoms with E-state index >= 15 is 0 Å². The van der Waals surface area contributed by atoms with Gasteiger partial charge in [-0.25, -0.2) is 9.97 Å². The molecule has 112 valence electrons. The number of rotatable bonds is 7. The van der Waals surface area contributed by atoms with Gasteiger partial charge in [-0.15, -0.1) is 0 Å². The first kappa shape index (κ1) is 15.2. The summed E-state index contributed by atoms with van der Waals surface area (Å²) >= 11 is 0. The van der Waals surface area contributed by atoms with E-state index in [1.54, 1.807) is 0 Å². The molecule has 1 unspecified atom stereocenters. The molecule has 1 aromatic heterocycles. The molecule has 1 N–H and O–H groups in total. The van der Waals surface area contributed by atoms with Crippen molar-refractivity contribution in [2.75, 3.05) is 38.6 Å². The standard InChI is InChI=1S/C15H27N5/c1-4-7-16-9-13-10-17-15(18-11-13)20-8-5-6-14(20)12-19(2)3/h10-11,14,16H,4-9,12H2,1-3H3. The predicted molar refractivity (Wildman–Crippen MR) is 83.0 cm³/mol. The van der Waals surface area contributed by atoms with Gasteiger partial charge in [-0.1, -0.05) is 6.92 Å². The smallest absolute Gasteiger partial charge is 0.225 e. The summed E-state index contributed by atoms with van der Waals surface area (Å²) in [6, 6.07) is 0.550. The van der Waals surface area contributed by atoms with Gasteiger partial charge in [-0.2, -0.15) is 0 Å². The van der Waals surface area contributed by atoms with Crippen molar-refractivity contribution in [3.8, 4) is 0 Å². The monoisotopic (exact) mass is 277 g/mol. The highest BCUT2D eigenvalue weighted by Gasteiger charge is 2.26. The van der Waals surface area contributed by atoms with E-state index in [2.05, 4.69) is 46.1 Å². The molecule has 5 heteroatoms. The van der Waals surface area contributed by atoms with Crippen LogP contribution in [0.1, 0.15) is 31.7 Å². The van der Waals surface area contributed by atoms with Gasteiger partial charge in [0.25, 0.3) is 0 Å². The van der Waals surface area contributed by atoms with Gasteiger partial charge in [0, 0.05) is 43.6 Å². The molecule has 0 aromatic carbocycles. The number of anilines is 1. The van der Waals surface area contributed by atoms with Crippen LogP contribution in [0.25, 0.3) is 0 Å². The van der Waals surface area contributed by atoms with E-state index in [4.69, 9.17) is 0 Å². The molecule has 1 aromatic rings. The average Bonchev–Trinajstić information content (AvgIpc) is 2.87. The molecule has 1 fully saturated rings. The Morgan fingerprint density at radius 2 is 2.10 bits per heavy atom. The third kappa shape index (κ3) is 4.15. The molecule has 0 saturated carbocycles. The molecule has 20 heavy (non-hydrogen) atoms. The minimum absolute atomic E-state index is 0.550. The summed E-state index contributed by atoms with van der Waals surface area (Å²) in [6.07, 6.45) is 7.54. The molecule has 2 rings (SSSR count). The van der Waals surface area contributed by atoms with Crippen molar-refractivity contribution in [1.82, 2.24) is 20.2 Å². The summed E-state index contributed by atoms with van der Waals surface area (Å²) < 4.78 is 0. The zero-order valence-corrected chi connectivity index (χ0v) is 13.0. The van der Waals surface area contributed by atoms with Crippen LogP contribution in [0.5, 0.6) is 0 Å². The van der Waals surface area contributed by atoms with Gasteiger partial charge < -0.3 is 15.1 Å². The molecule has 0 radical (unpaired) electrons. The number of hydrogen-bond acceptors (Lipinski definition) is 5. The number of nitrogens with one attached hydrogen (secondary N) is 1. The fraction of sp³-hybridized carbons (Fsp3) is 0.733. The highest BCUT2D eigenvalue weighted by Crippen LogP contribution is 2.22. The second-order valence-corrected chi connectivity index (χ2v) is 5.82. The van der Waals surface area contributed by atoms with Gasteiger partial charge in [0.15, 0.2) is 0 Å². The summed E-state index contributed by atoms with van der Waals surface area (Å²) in [5.41, 5.74) is 1.16. The van der Waals surface area contributed by atoms with Gasteiger partial charge in [-0.3, -0.25) is 0 Å². The first-order chi connectivity index (χ1) is 9.70. The Bertz CT molecular complexity index is 390. The van der Waals surface area contributed by atoms with E-state index in [1.807, 2.05) is 12.4 Å². The van der Waals surface area contributed by atoms with Crippen LogP contribution in [0.2, 0.25) is 0 Å². The lowest BCUT2D eigenvalue weighted by atomic mass is 10.2. The lowest BCUT2D eigenvalue weighted by Crippen LogP contribution is -2.38. The van der Waals surface area contributed by atoms with E-state index < -0.39 is 0 Å². The Morgan fingerprint density at radius 1 is 1.35 bits per heavy atom. The first-order valence-corrected chi connectivity index (χ1v) is 7.63. The second-order valence-electron chi connectivity index (χ2n) is 5.82. The summed E-state index contributed by atoms with van der Waals surface area (Å²) in [5, 5.41) is 3.37. The van der Waals surface area contributed by atoms with Crippen molar-refractivity contribution in [3.05, 3.63) is 18.0 Å². The lowest BCUT2D eigenvalue weighted by molar-refractivity contribution is 0.371. The molecule has 1 saturated heterocycles. The van der Waals surface area contributed by atoms with Crippen molar-refractivity contribution in [2.45, 2.75) is 38.8 Å². The van der Waals surface area contributed by atoms with Crippen molar-refractivity contribution in [2.24, 2.45) is 0 Å². The van der Waals surface area contributed by atoms with E-state index in [0.29, 0.717) is 6.04 Å². The third-order valence-corrected chi connectivity index (χ3v) is 3.66. The van der Waals surface area contributed by atoms with E-state index in [1.165, 1.54) is 12.8 Å². The quantitative estimate of drug-likeness (QED) is 0.765. The fourth-order valence-corrected chi connectivity index (χ4v) is 2.71. The Kier molecular flexibility index (Phi) is 5.73. The molecule has 0 aliphatic carbocycles. The average molecular weight is 277 g/mol.